The van der Waals surface area contributed by atoms with Crippen LogP contribution in [0.2, 0.25) is 0 Å². The van der Waals surface area contributed by atoms with Crippen LogP contribution in [0.3, 0.4) is 0 Å². The number of hydrogen-bond donors (Lipinski definition) is 2. The van der Waals surface area contributed by atoms with Gasteiger partial charge in [0.25, 0.3) is 0 Å². The minimum atomic E-state index is -3.28. The van der Waals surface area contributed by atoms with E-state index in [1.807, 2.05) is 20.8 Å². The summed E-state index contributed by atoms with van der Waals surface area (Å²) in [5.74, 6) is -0.169. The second-order valence-electron chi connectivity index (χ2n) is 5.79. The van der Waals surface area contributed by atoms with Crippen LogP contribution in [0, 0.1) is 6.92 Å². The summed E-state index contributed by atoms with van der Waals surface area (Å²) in [5.41, 5.74) is 6.77. The van der Waals surface area contributed by atoms with Gasteiger partial charge in [-0.3, -0.25) is 4.79 Å². The van der Waals surface area contributed by atoms with E-state index in [-0.39, 0.29) is 10.8 Å². The van der Waals surface area contributed by atoms with Crippen molar-refractivity contribution in [3.8, 4) is 0 Å². The average Bonchev–Trinajstić information content (AvgIpc) is 2.27. The number of hydrogen-bond acceptors (Lipinski definition) is 4. The topological polar surface area (TPSA) is 89.3 Å². The maximum Gasteiger partial charge on any atom is 0.224 e. The highest BCUT2D eigenvalue weighted by Crippen LogP contribution is 2.20. The zero-order chi connectivity index (χ0) is 15.6. The molecule has 0 unspecified atom stereocenters. The molecule has 0 aliphatic rings. The van der Waals surface area contributed by atoms with Crippen molar-refractivity contribution in [3.05, 3.63) is 23.8 Å². The molecule has 1 aromatic rings. The van der Waals surface area contributed by atoms with Crippen LogP contribution in [0.1, 0.15) is 32.3 Å². The normalized spacial score (nSPS) is 12.2. The summed E-state index contributed by atoms with van der Waals surface area (Å²) in [4.78, 5) is 12.0. The lowest BCUT2D eigenvalue weighted by molar-refractivity contribution is -0.116. The van der Waals surface area contributed by atoms with Gasteiger partial charge in [0.2, 0.25) is 5.91 Å². The maximum absolute atomic E-state index is 11.9. The standard InChI is InChI=1S/C14H22N2O3S/c1-10-5-6-11(20(4,18)19)9-12(10)16-13(17)7-8-14(2,3)15/h5-6,9H,7-8,15H2,1-4H3,(H,16,17). The van der Waals surface area contributed by atoms with E-state index in [4.69, 9.17) is 5.73 Å². The molecule has 5 nitrogen and oxygen atoms in total. The van der Waals surface area contributed by atoms with E-state index < -0.39 is 15.4 Å². The van der Waals surface area contributed by atoms with Crippen LogP contribution in [-0.2, 0) is 14.6 Å². The zero-order valence-corrected chi connectivity index (χ0v) is 13.2. The van der Waals surface area contributed by atoms with Crippen molar-refractivity contribution in [2.45, 2.75) is 44.0 Å². The number of amides is 1. The zero-order valence-electron chi connectivity index (χ0n) is 12.4. The molecule has 0 bridgehead atoms. The summed E-state index contributed by atoms with van der Waals surface area (Å²) < 4.78 is 23.0. The van der Waals surface area contributed by atoms with Gasteiger partial charge in [0.05, 0.1) is 4.90 Å². The van der Waals surface area contributed by atoms with E-state index in [1.165, 1.54) is 12.1 Å². The van der Waals surface area contributed by atoms with E-state index in [2.05, 4.69) is 5.32 Å². The molecule has 0 spiro atoms. The SMILES string of the molecule is Cc1ccc(S(C)(=O)=O)cc1NC(=O)CCC(C)(C)N. The van der Waals surface area contributed by atoms with Crippen LogP contribution in [0.15, 0.2) is 23.1 Å². The Bertz CT molecular complexity index is 601. The van der Waals surface area contributed by atoms with Crippen molar-refractivity contribution >= 4 is 21.4 Å². The summed E-state index contributed by atoms with van der Waals surface area (Å²) in [6.45, 7) is 5.53. The Kier molecular flexibility index (Phi) is 4.94. The molecule has 0 saturated heterocycles. The first-order chi connectivity index (χ1) is 8.99. The molecule has 1 rings (SSSR count). The molecule has 112 valence electrons. The third-order valence-electron chi connectivity index (χ3n) is 2.91. The molecule has 0 fully saturated rings. The number of carbonyl (C=O) groups is 1. The molecule has 1 aromatic carbocycles. The fraction of sp³-hybridized carbons (Fsp3) is 0.500. The van der Waals surface area contributed by atoms with E-state index in [1.54, 1.807) is 6.07 Å². The molecule has 0 aromatic heterocycles. The Hall–Kier alpha value is -1.40. The fourth-order valence-corrected chi connectivity index (χ4v) is 2.26. The van der Waals surface area contributed by atoms with Gasteiger partial charge in [-0.25, -0.2) is 8.42 Å². The van der Waals surface area contributed by atoms with Crippen molar-refractivity contribution in [3.63, 3.8) is 0 Å². The monoisotopic (exact) mass is 298 g/mol. The lowest BCUT2D eigenvalue weighted by Gasteiger charge is -2.18. The quantitative estimate of drug-likeness (QED) is 0.868. The first-order valence-electron chi connectivity index (χ1n) is 6.38. The molecular formula is C14H22N2O3S. The van der Waals surface area contributed by atoms with Gasteiger partial charge in [0.15, 0.2) is 9.84 Å². The number of rotatable bonds is 5. The lowest BCUT2D eigenvalue weighted by Crippen LogP contribution is -2.33. The third kappa shape index (κ3) is 5.30. The molecule has 0 radical (unpaired) electrons. The van der Waals surface area contributed by atoms with Gasteiger partial charge in [-0.2, -0.15) is 0 Å². The second kappa shape index (κ2) is 5.93. The smallest absolute Gasteiger partial charge is 0.224 e. The summed E-state index contributed by atoms with van der Waals surface area (Å²) in [6, 6.07) is 4.69. The van der Waals surface area contributed by atoms with Gasteiger partial charge >= 0.3 is 0 Å². The molecule has 3 N–H and O–H groups in total. The summed E-state index contributed by atoms with van der Waals surface area (Å²) >= 11 is 0. The average molecular weight is 298 g/mol. The number of benzene rings is 1. The van der Waals surface area contributed by atoms with Crippen molar-refractivity contribution in [2.24, 2.45) is 5.73 Å². The largest absolute Gasteiger partial charge is 0.326 e. The molecule has 0 aliphatic heterocycles. The molecule has 0 atom stereocenters. The molecule has 0 saturated carbocycles. The van der Waals surface area contributed by atoms with Gasteiger partial charge in [-0.05, 0) is 44.9 Å². The van der Waals surface area contributed by atoms with Crippen LogP contribution in [0.5, 0.6) is 0 Å². The summed E-state index contributed by atoms with van der Waals surface area (Å²) in [6.07, 6.45) is 2.00. The van der Waals surface area contributed by atoms with Crippen molar-refractivity contribution < 1.29 is 13.2 Å². The van der Waals surface area contributed by atoms with Crippen LogP contribution in [-0.4, -0.2) is 26.1 Å². The maximum atomic E-state index is 11.9. The van der Waals surface area contributed by atoms with Gasteiger partial charge in [0.1, 0.15) is 0 Å². The van der Waals surface area contributed by atoms with Crippen LogP contribution >= 0.6 is 0 Å². The van der Waals surface area contributed by atoms with Crippen molar-refractivity contribution in [1.82, 2.24) is 0 Å². The lowest BCUT2D eigenvalue weighted by atomic mass is 10.00. The van der Waals surface area contributed by atoms with Gasteiger partial charge in [-0.15, -0.1) is 0 Å². The molecule has 6 heteroatoms. The highest BCUT2D eigenvalue weighted by molar-refractivity contribution is 7.90. The van der Waals surface area contributed by atoms with Crippen molar-refractivity contribution in [1.29, 1.82) is 0 Å². The number of nitrogens with one attached hydrogen (secondary N) is 1. The first-order valence-corrected chi connectivity index (χ1v) is 8.28. The minimum Gasteiger partial charge on any atom is -0.326 e. The first kappa shape index (κ1) is 16.7. The Morgan fingerprint density at radius 3 is 2.45 bits per heavy atom. The van der Waals surface area contributed by atoms with E-state index in [0.717, 1.165) is 11.8 Å². The van der Waals surface area contributed by atoms with Crippen molar-refractivity contribution in [2.75, 3.05) is 11.6 Å². The number of aryl methyl sites for hydroxylation is 1. The Balaban J connectivity index is 2.85. The second-order valence-corrected chi connectivity index (χ2v) is 7.80. The summed E-state index contributed by atoms with van der Waals surface area (Å²) in [5, 5.41) is 2.74. The number of carbonyl (C=O) groups excluding carboxylic acids is 1. The van der Waals surface area contributed by atoms with E-state index in [9.17, 15) is 13.2 Å². The molecule has 0 aliphatic carbocycles. The number of sulfone groups is 1. The number of nitrogens with two attached hydrogens (primary N) is 1. The van der Waals surface area contributed by atoms with Gasteiger partial charge in [-0.1, -0.05) is 6.07 Å². The predicted octanol–water partition coefficient (Wildman–Crippen LogP) is 1.85. The van der Waals surface area contributed by atoms with Crippen LogP contribution in [0.4, 0.5) is 5.69 Å². The highest BCUT2D eigenvalue weighted by Gasteiger charge is 2.15. The van der Waals surface area contributed by atoms with Gasteiger partial charge in [0, 0.05) is 23.9 Å². The Labute approximate surface area is 120 Å². The molecular weight excluding hydrogens is 276 g/mol. The van der Waals surface area contributed by atoms with E-state index >= 15 is 0 Å². The third-order valence-corrected chi connectivity index (χ3v) is 4.02. The minimum absolute atomic E-state index is 0.169. The molecule has 1 amide bonds. The highest BCUT2D eigenvalue weighted by atomic mass is 32.2. The summed E-state index contributed by atoms with van der Waals surface area (Å²) in [7, 11) is -3.28. The van der Waals surface area contributed by atoms with Crippen LogP contribution in [0.25, 0.3) is 0 Å². The predicted molar refractivity (Wildman–Crippen MR) is 80.4 cm³/mol. The molecule has 20 heavy (non-hydrogen) atoms. The Morgan fingerprint density at radius 2 is 1.95 bits per heavy atom. The van der Waals surface area contributed by atoms with Crippen LogP contribution < -0.4 is 11.1 Å². The number of anilines is 1. The Morgan fingerprint density at radius 1 is 1.35 bits per heavy atom. The van der Waals surface area contributed by atoms with Gasteiger partial charge < -0.3 is 11.1 Å². The fourth-order valence-electron chi connectivity index (χ4n) is 1.61. The molecule has 0 heterocycles. The van der Waals surface area contributed by atoms with E-state index in [0.29, 0.717) is 18.5 Å².